The van der Waals surface area contributed by atoms with Crippen LogP contribution in [0.1, 0.15) is 81.8 Å². The van der Waals surface area contributed by atoms with Gasteiger partial charge in [-0.1, -0.05) is 23.8 Å². The molecule has 0 radical (unpaired) electrons. The summed E-state index contributed by atoms with van der Waals surface area (Å²) in [5.74, 6) is -2.88. The Labute approximate surface area is 399 Å². The highest BCUT2D eigenvalue weighted by molar-refractivity contribution is 8.00. The third-order valence-electron chi connectivity index (χ3n) is 10.5. The third kappa shape index (κ3) is 18.9. The first-order valence-corrected chi connectivity index (χ1v) is 24.0. The molecule has 22 heteroatoms. The highest BCUT2D eigenvalue weighted by Gasteiger charge is 2.42. The predicted octanol–water partition coefficient (Wildman–Crippen LogP) is 4.40. The summed E-state index contributed by atoms with van der Waals surface area (Å²) in [6.45, 7) is 7.96. The summed E-state index contributed by atoms with van der Waals surface area (Å²) in [5, 5.41) is 22.9. The van der Waals surface area contributed by atoms with E-state index in [0.29, 0.717) is 88.7 Å². The molecule has 3 heterocycles. The topological polar surface area (TPSA) is 232 Å². The van der Waals surface area contributed by atoms with Gasteiger partial charge in [0.05, 0.1) is 82.9 Å². The molecular formula is C46H64F2N8O11S. The Morgan fingerprint density at radius 2 is 1.57 bits per heavy atom. The summed E-state index contributed by atoms with van der Waals surface area (Å²) in [6, 6.07) is 8.94. The van der Waals surface area contributed by atoms with Crippen LogP contribution in [0.3, 0.4) is 0 Å². The second-order valence-corrected chi connectivity index (χ2v) is 18.3. The van der Waals surface area contributed by atoms with Crippen molar-refractivity contribution < 1.29 is 61.2 Å². The third-order valence-corrected chi connectivity index (χ3v) is 12.0. The van der Waals surface area contributed by atoms with Crippen LogP contribution >= 0.6 is 11.8 Å². The number of aromatic nitrogens is 3. The second-order valence-electron chi connectivity index (χ2n) is 17.1. The van der Waals surface area contributed by atoms with Crippen LogP contribution in [0.15, 0.2) is 48.7 Å². The van der Waals surface area contributed by atoms with Crippen molar-refractivity contribution in [1.29, 1.82) is 0 Å². The molecule has 5 N–H and O–H groups in total. The second kappa shape index (κ2) is 28.2. The molecule has 2 fully saturated rings. The lowest BCUT2D eigenvalue weighted by Gasteiger charge is -2.20. The van der Waals surface area contributed by atoms with Crippen LogP contribution in [-0.4, -0.2) is 145 Å². The van der Waals surface area contributed by atoms with Crippen molar-refractivity contribution in [2.45, 2.75) is 101 Å². The maximum absolute atomic E-state index is 14.2. The lowest BCUT2D eigenvalue weighted by Crippen LogP contribution is -2.43. The number of carbonyl (C=O) groups excluding carboxylic acids is 5. The summed E-state index contributed by atoms with van der Waals surface area (Å²) in [4.78, 5) is 62.5. The Kier molecular flexibility index (Phi) is 22.2. The molecule has 5 rings (SSSR count). The molecule has 0 spiro atoms. The van der Waals surface area contributed by atoms with E-state index >= 15 is 0 Å². The number of hydrogen-bond donors (Lipinski definition) is 5. The van der Waals surface area contributed by atoms with Gasteiger partial charge in [-0.05, 0) is 83.2 Å². The number of alkyl carbamates (subject to hydrolysis) is 1. The average molecular weight is 975 g/mol. The zero-order valence-corrected chi connectivity index (χ0v) is 39.7. The van der Waals surface area contributed by atoms with E-state index in [1.807, 2.05) is 11.8 Å². The maximum atomic E-state index is 14.2. The molecule has 374 valence electrons. The van der Waals surface area contributed by atoms with Crippen LogP contribution < -0.4 is 31.3 Å². The van der Waals surface area contributed by atoms with Crippen molar-refractivity contribution in [3.8, 4) is 11.4 Å². The van der Waals surface area contributed by atoms with Crippen LogP contribution in [0, 0.1) is 11.6 Å². The Balaban J connectivity index is 0.918. The van der Waals surface area contributed by atoms with Gasteiger partial charge in [-0.2, -0.15) is 11.8 Å². The fraction of sp³-hybridized carbons (Fsp3) is 0.587. The number of ketones is 1. The molecule has 2 aliphatic rings. The van der Waals surface area contributed by atoms with E-state index < -0.39 is 53.4 Å². The molecule has 4 unspecified atom stereocenters. The molecule has 0 saturated carbocycles. The van der Waals surface area contributed by atoms with Crippen molar-refractivity contribution in [3.05, 3.63) is 71.6 Å². The molecular weight excluding hydrogens is 911 g/mol. The van der Waals surface area contributed by atoms with Gasteiger partial charge >= 0.3 is 12.1 Å². The van der Waals surface area contributed by atoms with Crippen molar-refractivity contribution in [2.24, 2.45) is 0 Å². The van der Waals surface area contributed by atoms with Gasteiger partial charge in [-0.15, -0.1) is 5.10 Å². The summed E-state index contributed by atoms with van der Waals surface area (Å²) in [7, 11) is 0. The smallest absolute Gasteiger partial charge is 0.407 e. The van der Waals surface area contributed by atoms with E-state index in [1.54, 1.807) is 51.2 Å². The summed E-state index contributed by atoms with van der Waals surface area (Å²) in [6.07, 6.45) is 5.27. The van der Waals surface area contributed by atoms with E-state index in [1.165, 1.54) is 10.7 Å². The van der Waals surface area contributed by atoms with Gasteiger partial charge in [0.1, 0.15) is 17.9 Å². The molecule has 1 aromatic heterocycles. The Morgan fingerprint density at radius 1 is 0.868 bits per heavy atom. The van der Waals surface area contributed by atoms with Crippen LogP contribution in [0.5, 0.6) is 5.75 Å². The van der Waals surface area contributed by atoms with Crippen LogP contribution in [0.2, 0.25) is 0 Å². The largest absolute Gasteiger partial charge is 0.480 e. The molecule has 3 aromatic rings. The number of thioether (sulfide) groups is 1. The first kappa shape index (κ1) is 53.5. The lowest BCUT2D eigenvalue weighted by atomic mass is 10.0. The number of Topliss-reactive ketones (excluding diaryl/α,β-unsaturated/α-hetero) is 1. The number of benzene rings is 2. The quantitative estimate of drug-likeness (QED) is 0.0445. The zero-order valence-electron chi connectivity index (χ0n) is 38.9. The van der Waals surface area contributed by atoms with Gasteiger partial charge in [-0.3, -0.25) is 14.4 Å². The number of nitrogens with one attached hydrogen (secondary N) is 5. The number of ether oxygens (including phenoxy) is 6. The van der Waals surface area contributed by atoms with Crippen molar-refractivity contribution >= 4 is 41.5 Å². The molecule has 0 aliphatic carbocycles. The van der Waals surface area contributed by atoms with Crippen molar-refractivity contribution in [2.75, 3.05) is 71.7 Å². The fourth-order valence-corrected chi connectivity index (χ4v) is 8.68. The van der Waals surface area contributed by atoms with E-state index in [4.69, 9.17) is 28.4 Å². The lowest BCUT2D eigenvalue weighted by molar-refractivity contribution is -0.123. The van der Waals surface area contributed by atoms with Gasteiger partial charge < -0.3 is 55.0 Å². The molecule has 2 aromatic carbocycles. The first-order valence-electron chi connectivity index (χ1n) is 22.9. The van der Waals surface area contributed by atoms with Crippen LogP contribution in [0.25, 0.3) is 5.69 Å². The van der Waals surface area contributed by atoms with E-state index in [9.17, 15) is 32.8 Å². The Morgan fingerprint density at radius 3 is 2.31 bits per heavy atom. The molecule has 2 saturated heterocycles. The number of urea groups is 1. The number of para-hydroxylation sites is 1. The van der Waals surface area contributed by atoms with Gasteiger partial charge in [0, 0.05) is 36.1 Å². The standard InChI is InChI=1S/C46H64F2N8O11S/c1-46(2,3)67-45(61)50-17-7-6-14-36(38(57)29-66-42-34(47)12-9-13-35(42)48)51-43(59)31-10-8-11-33(26-31)56-27-32(54-55-56)28-65-25-24-64-23-22-63-21-20-62-19-18-49-40(58)16-5-4-15-39-41-37(30-68-39)52-44(60)53-41/h8-13,26-27,36-37,39,41H,4-7,14-25,28-30H2,1-3H3,(H,49,58)(H,50,61)(H,51,59)(H2,52,53,60). The monoisotopic (exact) mass is 974 g/mol. The fourth-order valence-electron chi connectivity index (χ4n) is 7.14. The number of carbonyl (C=O) groups is 5. The Bertz CT molecular complexity index is 2070. The number of unbranched alkanes of at least 4 members (excludes halogenated alkanes) is 2. The van der Waals surface area contributed by atoms with Gasteiger partial charge in [0.25, 0.3) is 5.91 Å². The van der Waals surface area contributed by atoms with Crippen LogP contribution in [0.4, 0.5) is 18.4 Å². The van der Waals surface area contributed by atoms with Crippen molar-refractivity contribution in [1.82, 2.24) is 41.6 Å². The van der Waals surface area contributed by atoms with Crippen LogP contribution in [-0.2, 0) is 39.9 Å². The highest BCUT2D eigenvalue weighted by Crippen LogP contribution is 2.33. The minimum atomic E-state index is -1.08. The van der Waals surface area contributed by atoms with Gasteiger partial charge in [0.2, 0.25) is 5.91 Å². The summed E-state index contributed by atoms with van der Waals surface area (Å²) < 4.78 is 62.6. The Hall–Kier alpha value is -5.42. The van der Waals surface area contributed by atoms with E-state index in [-0.39, 0.29) is 49.2 Å². The number of fused-ring (bicyclic) bond motifs is 1. The summed E-state index contributed by atoms with van der Waals surface area (Å²) >= 11 is 1.88. The predicted molar refractivity (Wildman–Crippen MR) is 247 cm³/mol. The SMILES string of the molecule is CC(C)(C)OC(=O)NCCCCC(NC(=O)c1cccc(-n2cc(COCCOCCOCCOCCNC(=O)CCCCC3SCC4NC(=O)NC43)nn2)c1)C(=O)COc1c(F)cccc1F. The average Bonchev–Trinajstić information content (AvgIpc) is 4.03. The molecule has 19 nitrogen and oxygen atoms in total. The molecule has 68 heavy (non-hydrogen) atoms. The normalized spacial score (nSPS) is 16.9. The molecule has 4 atom stereocenters. The number of nitrogens with zero attached hydrogens (tertiary/aromatic N) is 3. The van der Waals surface area contributed by atoms with Crippen molar-refractivity contribution in [3.63, 3.8) is 0 Å². The molecule has 0 bridgehead atoms. The number of amides is 5. The zero-order chi connectivity index (χ0) is 48.7. The maximum Gasteiger partial charge on any atom is 0.407 e. The molecule has 2 aliphatic heterocycles. The number of halogens is 2. The van der Waals surface area contributed by atoms with E-state index in [0.717, 1.165) is 37.1 Å². The minimum Gasteiger partial charge on any atom is -0.480 e. The highest BCUT2D eigenvalue weighted by atomic mass is 32.2. The summed E-state index contributed by atoms with van der Waals surface area (Å²) in [5.41, 5.74) is 0.601. The number of rotatable bonds is 31. The van der Waals surface area contributed by atoms with Gasteiger partial charge in [0.15, 0.2) is 23.2 Å². The number of hydrogen-bond acceptors (Lipinski definition) is 14. The van der Waals surface area contributed by atoms with Gasteiger partial charge in [-0.25, -0.2) is 23.1 Å². The first-order chi connectivity index (χ1) is 32.8. The molecule has 5 amide bonds. The van der Waals surface area contributed by atoms with E-state index in [2.05, 4.69) is 36.9 Å². The minimum absolute atomic E-state index is 0.00476.